The van der Waals surface area contributed by atoms with E-state index in [0.29, 0.717) is 10.7 Å². The van der Waals surface area contributed by atoms with Gasteiger partial charge in [0.25, 0.3) is 0 Å². The zero-order valence-electron chi connectivity index (χ0n) is 10.9. The first-order valence-corrected chi connectivity index (χ1v) is 7.18. The summed E-state index contributed by atoms with van der Waals surface area (Å²) in [6.07, 6.45) is 3.20. The number of para-hydroxylation sites is 1. The molecule has 0 amide bonds. The van der Waals surface area contributed by atoms with E-state index >= 15 is 0 Å². The molecule has 0 aliphatic rings. The Labute approximate surface area is 124 Å². The molecular weight excluding hydrogens is 288 g/mol. The van der Waals surface area contributed by atoms with Crippen LogP contribution in [0.15, 0.2) is 63.2 Å². The lowest BCUT2D eigenvalue weighted by Crippen LogP contribution is -2.15. The zero-order valence-corrected chi connectivity index (χ0v) is 11.7. The van der Waals surface area contributed by atoms with Crippen LogP contribution in [0.3, 0.4) is 0 Å². The van der Waals surface area contributed by atoms with Crippen LogP contribution >= 0.6 is 11.8 Å². The summed E-state index contributed by atoms with van der Waals surface area (Å²) in [6, 6.07) is 10.3. The highest BCUT2D eigenvalue weighted by molar-refractivity contribution is 7.99. The predicted octanol–water partition coefficient (Wildman–Crippen LogP) is 2.56. The molecular formula is C15H10N2O3S. The lowest BCUT2D eigenvalue weighted by molar-refractivity contribution is 0.101. The van der Waals surface area contributed by atoms with Crippen molar-refractivity contribution in [3.8, 4) is 0 Å². The fourth-order valence-electron chi connectivity index (χ4n) is 1.82. The molecule has 0 radical (unpaired) electrons. The van der Waals surface area contributed by atoms with E-state index in [4.69, 9.17) is 4.42 Å². The van der Waals surface area contributed by atoms with Crippen molar-refractivity contribution in [1.82, 2.24) is 9.97 Å². The molecule has 0 N–H and O–H groups in total. The average molecular weight is 298 g/mol. The molecule has 3 aromatic rings. The number of benzene rings is 1. The Morgan fingerprint density at radius 3 is 2.71 bits per heavy atom. The van der Waals surface area contributed by atoms with Gasteiger partial charge in [0.05, 0.1) is 5.75 Å². The SMILES string of the molecule is O=C(CSc1ncccn1)c1cc2ccccc2oc1=O. The van der Waals surface area contributed by atoms with Gasteiger partial charge < -0.3 is 4.42 Å². The monoisotopic (exact) mass is 298 g/mol. The van der Waals surface area contributed by atoms with Crippen LogP contribution < -0.4 is 5.63 Å². The van der Waals surface area contributed by atoms with E-state index in [1.54, 1.807) is 42.7 Å². The Hall–Kier alpha value is -2.47. The number of aromatic nitrogens is 2. The number of thioether (sulfide) groups is 1. The topological polar surface area (TPSA) is 73.1 Å². The molecule has 0 saturated carbocycles. The summed E-state index contributed by atoms with van der Waals surface area (Å²) in [6.45, 7) is 0. The standard InChI is InChI=1S/C15H10N2O3S/c18-12(9-21-15-16-6-3-7-17-15)11-8-10-4-1-2-5-13(10)20-14(11)19/h1-8H,9H2. The van der Waals surface area contributed by atoms with Crippen molar-refractivity contribution in [2.75, 3.05) is 5.75 Å². The van der Waals surface area contributed by atoms with Gasteiger partial charge in [0.1, 0.15) is 11.1 Å². The lowest BCUT2D eigenvalue weighted by atomic mass is 10.1. The van der Waals surface area contributed by atoms with Crippen LogP contribution in [0.25, 0.3) is 11.0 Å². The van der Waals surface area contributed by atoms with Crippen molar-refractivity contribution in [1.29, 1.82) is 0 Å². The Morgan fingerprint density at radius 2 is 1.90 bits per heavy atom. The number of ketones is 1. The van der Waals surface area contributed by atoms with Crippen molar-refractivity contribution in [3.05, 3.63) is 64.8 Å². The second kappa shape index (κ2) is 5.88. The highest BCUT2D eigenvalue weighted by Crippen LogP contribution is 2.16. The Kier molecular flexibility index (Phi) is 3.79. The maximum atomic E-state index is 12.1. The molecule has 0 saturated heterocycles. The first-order valence-electron chi connectivity index (χ1n) is 6.20. The van der Waals surface area contributed by atoms with Crippen LogP contribution in [0.2, 0.25) is 0 Å². The van der Waals surface area contributed by atoms with Gasteiger partial charge in [0.15, 0.2) is 10.9 Å². The van der Waals surface area contributed by atoms with Crippen molar-refractivity contribution >= 4 is 28.5 Å². The second-order valence-electron chi connectivity index (χ2n) is 4.23. The number of carbonyl (C=O) groups excluding carboxylic acids is 1. The smallest absolute Gasteiger partial charge is 0.347 e. The minimum atomic E-state index is -0.617. The number of hydrogen-bond donors (Lipinski definition) is 0. The minimum absolute atomic E-state index is 0.0529. The summed E-state index contributed by atoms with van der Waals surface area (Å²) in [5, 5.41) is 1.22. The van der Waals surface area contributed by atoms with Gasteiger partial charge in [-0.2, -0.15) is 0 Å². The molecule has 0 fully saturated rings. The highest BCUT2D eigenvalue weighted by Gasteiger charge is 2.14. The largest absolute Gasteiger partial charge is 0.422 e. The van der Waals surface area contributed by atoms with Gasteiger partial charge in [-0.15, -0.1) is 0 Å². The molecule has 3 rings (SSSR count). The molecule has 2 aromatic heterocycles. The Balaban J connectivity index is 1.84. The van der Waals surface area contributed by atoms with Gasteiger partial charge in [-0.25, -0.2) is 14.8 Å². The Bertz CT molecular complexity index is 846. The van der Waals surface area contributed by atoms with Crippen molar-refractivity contribution in [2.45, 2.75) is 5.16 Å². The van der Waals surface area contributed by atoms with Crippen LogP contribution in [0.5, 0.6) is 0 Å². The summed E-state index contributed by atoms with van der Waals surface area (Å²) in [7, 11) is 0. The molecule has 0 aliphatic carbocycles. The van der Waals surface area contributed by atoms with Crippen molar-refractivity contribution < 1.29 is 9.21 Å². The maximum Gasteiger partial charge on any atom is 0.347 e. The number of hydrogen-bond acceptors (Lipinski definition) is 6. The number of Topliss-reactive ketones (excluding diaryl/α,β-unsaturated/α-hetero) is 1. The summed E-state index contributed by atoms with van der Waals surface area (Å²) >= 11 is 1.19. The van der Waals surface area contributed by atoms with Gasteiger partial charge in [-0.05, 0) is 18.2 Å². The molecule has 6 heteroatoms. The quantitative estimate of drug-likeness (QED) is 0.319. The molecule has 0 aliphatic heterocycles. The van der Waals surface area contributed by atoms with Crippen molar-refractivity contribution in [3.63, 3.8) is 0 Å². The van der Waals surface area contributed by atoms with Gasteiger partial charge in [-0.1, -0.05) is 30.0 Å². The molecule has 0 spiro atoms. The molecule has 1 aromatic carbocycles. The number of nitrogens with zero attached hydrogens (tertiary/aromatic N) is 2. The van der Waals surface area contributed by atoms with Crippen LogP contribution in [-0.4, -0.2) is 21.5 Å². The molecule has 0 atom stereocenters. The fraction of sp³-hybridized carbons (Fsp3) is 0.0667. The summed E-state index contributed by atoms with van der Waals surface area (Å²) in [4.78, 5) is 32.0. The van der Waals surface area contributed by atoms with E-state index in [1.807, 2.05) is 6.07 Å². The second-order valence-corrected chi connectivity index (χ2v) is 5.17. The van der Waals surface area contributed by atoms with Crippen LogP contribution in [0.1, 0.15) is 10.4 Å². The normalized spacial score (nSPS) is 10.7. The van der Waals surface area contributed by atoms with E-state index in [0.717, 1.165) is 5.39 Å². The average Bonchev–Trinajstić information content (AvgIpc) is 2.53. The van der Waals surface area contributed by atoms with Gasteiger partial charge in [-0.3, -0.25) is 4.79 Å². The third kappa shape index (κ3) is 3.00. The summed E-state index contributed by atoms with van der Waals surface area (Å²) in [5.74, 6) is -0.209. The van der Waals surface area contributed by atoms with Crippen LogP contribution in [0, 0.1) is 0 Å². The summed E-state index contributed by atoms with van der Waals surface area (Å²) in [5.41, 5.74) is -0.0940. The molecule has 0 bridgehead atoms. The lowest BCUT2D eigenvalue weighted by Gasteiger charge is -2.01. The van der Waals surface area contributed by atoms with E-state index in [2.05, 4.69) is 9.97 Å². The van der Waals surface area contributed by atoms with Crippen molar-refractivity contribution in [2.24, 2.45) is 0 Å². The third-order valence-corrected chi connectivity index (χ3v) is 3.69. The first kappa shape index (κ1) is 13.5. The summed E-state index contributed by atoms with van der Waals surface area (Å²) < 4.78 is 5.15. The number of carbonyl (C=O) groups is 1. The molecule has 2 heterocycles. The predicted molar refractivity (Wildman–Crippen MR) is 79.6 cm³/mol. The first-order chi connectivity index (χ1) is 10.2. The zero-order chi connectivity index (χ0) is 14.7. The fourth-order valence-corrected chi connectivity index (χ4v) is 2.51. The molecule has 0 unspecified atom stereocenters. The van der Waals surface area contributed by atoms with E-state index in [-0.39, 0.29) is 17.1 Å². The van der Waals surface area contributed by atoms with Crippen LogP contribution in [0.4, 0.5) is 0 Å². The van der Waals surface area contributed by atoms with Gasteiger partial charge in [0, 0.05) is 17.8 Å². The maximum absolute atomic E-state index is 12.1. The van der Waals surface area contributed by atoms with E-state index in [9.17, 15) is 9.59 Å². The minimum Gasteiger partial charge on any atom is -0.422 e. The highest BCUT2D eigenvalue weighted by atomic mass is 32.2. The molecule has 5 nitrogen and oxygen atoms in total. The van der Waals surface area contributed by atoms with Gasteiger partial charge >= 0.3 is 5.63 Å². The molecule has 104 valence electrons. The molecule has 21 heavy (non-hydrogen) atoms. The van der Waals surface area contributed by atoms with E-state index < -0.39 is 5.63 Å². The Morgan fingerprint density at radius 1 is 1.14 bits per heavy atom. The van der Waals surface area contributed by atoms with E-state index in [1.165, 1.54) is 11.8 Å². The van der Waals surface area contributed by atoms with Crippen LogP contribution in [-0.2, 0) is 0 Å². The number of rotatable bonds is 4. The third-order valence-electron chi connectivity index (χ3n) is 2.82. The number of fused-ring (bicyclic) bond motifs is 1. The van der Waals surface area contributed by atoms with Gasteiger partial charge in [0.2, 0.25) is 0 Å².